The van der Waals surface area contributed by atoms with Crippen molar-refractivity contribution >= 4 is 29.5 Å². The van der Waals surface area contributed by atoms with Crippen molar-refractivity contribution in [2.24, 2.45) is 5.11 Å². The fourth-order valence-corrected chi connectivity index (χ4v) is 14.4. The van der Waals surface area contributed by atoms with Gasteiger partial charge in [-0.25, -0.2) is 14.0 Å². The van der Waals surface area contributed by atoms with Gasteiger partial charge in [0.2, 0.25) is 29.5 Å². The summed E-state index contributed by atoms with van der Waals surface area (Å²) in [4.78, 5) is 64.2. The average Bonchev–Trinajstić information content (AvgIpc) is 1.62. The lowest BCUT2D eigenvalue weighted by molar-refractivity contribution is -0.238. The fraction of sp³-hybridized carbons (Fsp3) is 0.857. The summed E-state index contributed by atoms with van der Waals surface area (Å²) in [5.74, 6) is -1.55. The highest BCUT2D eigenvalue weighted by molar-refractivity contribution is 5.77. The lowest BCUT2D eigenvalue weighted by Crippen LogP contribution is -2.66. The summed E-state index contributed by atoms with van der Waals surface area (Å²) in [6, 6.07) is -2.71. The van der Waals surface area contributed by atoms with Crippen LogP contribution in [0, 0.1) is 0 Å². The Morgan fingerprint density at radius 2 is 0.762 bits per heavy atom. The maximum absolute atomic E-state index is 14.2. The number of aliphatic hydroxyl groups is 6. The first-order valence-electron chi connectivity index (χ1n) is 42.8. The van der Waals surface area contributed by atoms with E-state index >= 15 is 0 Å². The molecule has 49 nitrogen and oxygen atoms in total. The van der Waals surface area contributed by atoms with Gasteiger partial charge in [-0.05, 0) is 31.2 Å². The molecule has 6 fully saturated rings. The number of aliphatic hydroxyl groups excluding tert-OH is 6. The minimum absolute atomic E-state index is 0.0184. The average molecular weight is 1800 g/mol. The van der Waals surface area contributed by atoms with Crippen molar-refractivity contribution in [3.05, 3.63) is 46.1 Å². The summed E-state index contributed by atoms with van der Waals surface area (Å²) in [5.41, 5.74) is 4.97. The quantitative estimate of drug-likeness (QED) is 0.0110. The van der Waals surface area contributed by atoms with Gasteiger partial charge < -0.3 is 157 Å². The number of hydrogen-bond donors (Lipinski definition) is 11. The van der Waals surface area contributed by atoms with Crippen LogP contribution >= 0.6 is 0 Å². The van der Waals surface area contributed by atoms with Crippen molar-refractivity contribution in [2.75, 3.05) is 211 Å². The Morgan fingerprint density at radius 1 is 0.437 bits per heavy atom. The van der Waals surface area contributed by atoms with E-state index in [2.05, 4.69) is 67.5 Å². The monoisotopic (exact) mass is 1800 g/mol. The molecule has 6 aliphatic rings. The number of nitrogens with zero attached hydrogens (tertiary/aromatic N) is 12. The lowest BCUT2D eigenvalue weighted by atomic mass is 9.85. The molecule has 6 saturated heterocycles. The molecular weight excluding hydrogens is 1670 g/mol. The fourth-order valence-electron chi connectivity index (χ4n) is 14.4. The smallest absolute Gasteiger partial charge is 0.220 e. The van der Waals surface area contributed by atoms with E-state index in [0.717, 1.165) is 6.42 Å². The predicted octanol–water partition coefficient (Wildman–Crippen LogP) is -4.54. The number of hydrogen-bond acceptors (Lipinski definition) is 39. The minimum Gasteiger partial charge on any atom is -0.388 e. The topological polar surface area (TPSA) is 602 Å². The van der Waals surface area contributed by atoms with Crippen molar-refractivity contribution in [1.29, 1.82) is 0 Å². The van der Waals surface area contributed by atoms with Gasteiger partial charge in [0.15, 0.2) is 18.9 Å². The molecule has 49 heteroatoms. The van der Waals surface area contributed by atoms with Crippen LogP contribution in [-0.4, -0.2) is 412 Å². The summed E-state index contributed by atoms with van der Waals surface area (Å²) in [7, 11) is 0. The van der Waals surface area contributed by atoms with E-state index in [1.165, 1.54) is 20.8 Å². The van der Waals surface area contributed by atoms with E-state index in [0.29, 0.717) is 181 Å². The molecule has 9 rings (SSSR count). The first kappa shape index (κ1) is 103. The van der Waals surface area contributed by atoms with Gasteiger partial charge >= 0.3 is 0 Å². The molecule has 11 N–H and O–H groups in total. The molecule has 0 saturated carbocycles. The predicted molar refractivity (Wildman–Crippen MR) is 428 cm³/mol. The molecule has 0 aromatic carbocycles. The number of fused-ring (bicyclic) bond motifs is 6. The second-order valence-corrected chi connectivity index (χ2v) is 31.2. The summed E-state index contributed by atoms with van der Waals surface area (Å²) in [5, 5.41) is 107. The number of nitrogens with one attached hydrogen (secondary N) is 5. The number of aromatic nitrogens is 9. The summed E-state index contributed by atoms with van der Waals surface area (Å²) >= 11 is 0. The number of carbonyl (C=O) groups is 5. The molecule has 16 atom stereocenters. The van der Waals surface area contributed by atoms with E-state index in [1.807, 2.05) is 0 Å². The highest BCUT2D eigenvalue weighted by Gasteiger charge is 2.62. The third-order valence-corrected chi connectivity index (χ3v) is 21.0. The van der Waals surface area contributed by atoms with Crippen molar-refractivity contribution in [3.8, 4) is 0 Å². The molecule has 126 heavy (non-hydrogen) atoms. The van der Waals surface area contributed by atoms with Gasteiger partial charge in [0.1, 0.15) is 94.2 Å². The van der Waals surface area contributed by atoms with Gasteiger partial charge in [-0.1, -0.05) is 33.6 Å². The molecule has 0 radical (unpaired) electrons. The Kier molecular flexibility index (Phi) is 45.6. The van der Waals surface area contributed by atoms with Gasteiger partial charge in [-0.3, -0.25) is 24.0 Å². The van der Waals surface area contributed by atoms with Gasteiger partial charge in [0.25, 0.3) is 0 Å². The van der Waals surface area contributed by atoms with Gasteiger partial charge in [0.05, 0.1) is 250 Å². The largest absolute Gasteiger partial charge is 0.388 e. The summed E-state index contributed by atoms with van der Waals surface area (Å²) in [6.07, 6.45) is -0.736. The van der Waals surface area contributed by atoms with Crippen LogP contribution in [0.25, 0.3) is 10.4 Å². The number of carbonyl (C=O) groups excluding carboxylic acids is 5. The molecular formula is C77H129N17O32. The van der Waals surface area contributed by atoms with E-state index in [-0.39, 0.29) is 156 Å². The van der Waals surface area contributed by atoms with Crippen LogP contribution in [-0.2, 0) is 163 Å². The molecule has 714 valence electrons. The van der Waals surface area contributed by atoms with E-state index in [9.17, 15) is 54.6 Å². The molecule has 5 amide bonds. The highest BCUT2D eigenvalue weighted by Crippen LogP contribution is 2.41. The number of unbranched alkanes of at least 4 members (excludes halogenated alkanes) is 4. The maximum atomic E-state index is 14.2. The molecule has 9 heterocycles. The van der Waals surface area contributed by atoms with Crippen LogP contribution in [0.2, 0.25) is 0 Å². The van der Waals surface area contributed by atoms with Gasteiger partial charge in [-0.2, -0.15) is 0 Å². The number of azide groups is 1. The SMILES string of the molecule is CC(=O)N[C@H]1[C@H]2OC[C@](CCOCCOCCOCCOCCn3cc(COCC(COCc4cn(CCOCCOCCOCCOC[C@@]56CO[C@@H](O5)[C@H](NC(C)=O)[C@@H](O)[C@H]6O)nn4)(COCc4cn(CCOCCOCCOCCOC[C@@]56COC(O5)[C@H](NC(C)=O)[C@@H](O)[C@H]6O)nn4)NC(=O)CCCCCNC(=O)CCCCCN=[N+]=[N-])nn3)(O2)[C@H](O)[C@@H]1O. The summed E-state index contributed by atoms with van der Waals surface area (Å²) < 4.78 is 127. The van der Waals surface area contributed by atoms with Crippen molar-refractivity contribution in [3.63, 3.8) is 0 Å². The number of rotatable bonds is 71. The van der Waals surface area contributed by atoms with Crippen LogP contribution in [0.3, 0.4) is 0 Å². The number of ether oxygens (including phenoxy) is 21. The molecule has 3 aromatic rings. The van der Waals surface area contributed by atoms with Crippen LogP contribution < -0.4 is 26.6 Å². The molecule has 6 aliphatic heterocycles. The molecule has 6 bridgehead atoms. The highest BCUT2D eigenvalue weighted by atomic mass is 16.8. The number of amides is 5. The molecule has 0 spiro atoms. The van der Waals surface area contributed by atoms with Crippen molar-refractivity contribution < 1.29 is 154 Å². The zero-order valence-electron chi connectivity index (χ0n) is 72.1. The minimum atomic E-state index is -1.35. The first-order valence-corrected chi connectivity index (χ1v) is 42.8. The van der Waals surface area contributed by atoms with E-state index in [1.54, 1.807) is 32.6 Å². The second-order valence-electron chi connectivity index (χ2n) is 31.2. The van der Waals surface area contributed by atoms with Crippen LogP contribution in [0.5, 0.6) is 0 Å². The van der Waals surface area contributed by atoms with Crippen molar-refractivity contribution in [1.82, 2.24) is 71.6 Å². The molecule has 2 unspecified atom stereocenters. The Hall–Kier alpha value is -7.00. The van der Waals surface area contributed by atoms with Gasteiger partial charge in [-0.15, -0.1) is 15.3 Å². The lowest BCUT2D eigenvalue weighted by Gasteiger charge is -2.42. The Labute approximate surface area is 729 Å². The zero-order valence-corrected chi connectivity index (χ0v) is 72.1. The molecule has 0 aliphatic carbocycles. The first-order chi connectivity index (χ1) is 61.1. The van der Waals surface area contributed by atoms with Crippen LogP contribution in [0.15, 0.2) is 23.7 Å². The van der Waals surface area contributed by atoms with Crippen LogP contribution in [0.1, 0.15) is 95.6 Å². The van der Waals surface area contributed by atoms with E-state index < -0.39 is 108 Å². The third kappa shape index (κ3) is 34.4. The zero-order chi connectivity index (χ0) is 89.7. The molecule has 3 aromatic heterocycles. The standard InChI is InChI=1S/C77H129N17O32/c1-54(95)81-62-65(100)68(103)75(51-121-71(62)124-75)12-18-106-22-26-110-30-31-111-27-23-107-19-15-92-40-57(85-89-92)43-118-46-74(84-61(99)11-7-4-8-13-79-60(98)10-6-5-9-14-80-88-78,47-119-44-58-41-93(90-86-58)16-20-108-24-28-112-32-34-114-36-38-116-49-76-52-122-72(125-76)63(82-55(2)96)66(101)69(76)104)48-120-45-59-42-94(91-87-59)17-21-109-25-29-113-33-35-115-37-39-117-50-77-53-123-73(126-77)64(83-56(3)97)67(102)70(77)105/h40-42,62-73,100-105H,4-39,43-53H2,1-3H3,(H,79,98)(H,81,95)(H,82,96)(H,83,97)(H,84,99)/t62-,63-,64-,65-,66-,67-,68-,69-,70-,71+,72+,73?,74?,75+,76+,77+/m1/s1. The Bertz CT molecular complexity index is 3540. The van der Waals surface area contributed by atoms with E-state index in [4.69, 9.17) is 105 Å². The summed E-state index contributed by atoms with van der Waals surface area (Å²) in [6.45, 7) is 11.4. The van der Waals surface area contributed by atoms with Crippen LogP contribution in [0.4, 0.5) is 0 Å². The third-order valence-electron chi connectivity index (χ3n) is 21.0. The normalized spacial score (nSPS) is 25.8. The second kappa shape index (κ2) is 55.9. The van der Waals surface area contributed by atoms with Crippen molar-refractivity contribution in [2.45, 2.75) is 214 Å². The Balaban J connectivity index is 0.696. The maximum Gasteiger partial charge on any atom is 0.220 e. The van der Waals surface area contributed by atoms with Gasteiger partial charge in [0, 0.05) is 64.6 Å². The Morgan fingerprint density at radius 3 is 1.13 bits per heavy atom.